The molecule has 8 heteroatoms. The molecule has 3 N–H and O–H groups in total. The van der Waals surface area contributed by atoms with E-state index in [0.29, 0.717) is 17.2 Å². The van der Waals surface area contributed by atoms with Gasteiger partial charge in [0, 0.05) is 61.7 Å². The topological polar surface area (TPSA) is 97.5 Å². The van der Waals surface area contributed by atoms with E-state index in [4.69, 9.17) is 0 Å². The van der Waals surface area contributed by atoms with Gasteiger partial charge in [0.1, 0.15) is 0 Å². The van der Waals surface area contributed by atoms with Gasteiger partial charge in [-0.15, -0.1) is 0 Å². The summed E-state index contributed by atoms with van der Waals surface area (Å²) in [7, 11) is 6.21. The molecule has 1 heterocycles. The average Bonchev–Trinajstić information content (AvgIpc) is 2.92. The van der Waals surface area contributed by atoms with Crippen LogP contribution in [0, 0.1) is 20.8 Å². The van der Waals surface area contributed by atoms with Crippen LogP contribution < -0.4 is 21.1 Å². The first-order chi connectivity index (χ1) is 19.9. The maximum Gasteiger partial charge on any atom is 0.253 e. The maximum atomic E-state index is 13.7. The highest BCUT2D eigenvalue weighted by Crippen LogP contribution is 2.34. The summed E-state index contributed by atoms with van der Waals surface area (Å²) in [5, 5.41) is 6.08. The van der Waals surface area contributed by atoms with Crippen LogP contribution >= 0.6 is 0 Å². The molecule has 1 aliphatic rings. The van der Waals surface area contributed by atoms with Crippen LogP contribution in [0.15, 0.2) is 47.3 Å². The summed E-state index contributed by atoms with van der Waals surface area (Å²) in [6, 6.07) is 15.1. The van der Waals surface area contributed by atoms with E-state index >= 15 is 0 Å². The summed E-state index contributed by atoms with van der Waals surface area (Å²) in [6.07, 6.45) is 3.78. The molecule has 4 rings (SSSR count). The predicted molar refractivity (Wildman–Crippen MR) is 170 cm³/mol. The van der Waals surface area contributed by atoms with E-state index in [1.807, 2.05) is 32.9 Å². The Bertz CT molecular complexity index is 1480. The molecule has 2 amide bonds. The van der Waals surface area contributed by atoms with Gasteiger partial charge in [0.25, 0.3) is 11.5 Å². The Morgan fingerprint density at radius 1 is 0.929 bits per heavy atom. The lowest BCUT2D eigenvalue weighted by Gasteiger charge is -2.37. The van der Waals surface area contributed by atoms with Gasteiger partial charge in [-0.3, -0.25) is 14.4 Å². The summed E-state index contributed by atoms with van der Waals surface area (Å²) in [4.78, 5) is 45.1. The van der Waals surface area contributed by atoms with Crippen molar-refractivity contribution in [3.8, 4) is 11.1 Å². The maximum absolute atomic E-state index is 13.7. The average molecular weight is 572 g/mol. The first-order valence-electron chi connectivity index (χ1n) is 14.8. The van der Waals surface area contributed by atoms with Crippen molar-refractivity contribution in [3.05, 3.63) is 86.3 Å². The minimum Gasteiger partial charge on any atom is -0.371 e. The number of aryl methyl sites for hydroxylation is 2. The summed E-state index contributed by atoms with van der Waals surface area (Å²) in [5.74, 6) is -0.188. The quantitative estimate of drug-likeness (QED) is 0.342. The molecule has 0 saturated heterocycles. The number of hydrogen-bond acceptors (Lipinski definition) is 5. The van der Waals surface area contributed by atoms with Gasteiger partial charge in [-0.25, -0.2) is 0 Å². The number of nitrogens with zero attached hydrogens (tertiary/aromatic N) is 2. The Morgan fingerprint density at radius 2 is 1.60 bits per heavy atom. The fraction of sp³-hybridized carbons (Fsp3) is 0.441. The van der Waals surface area contributed by atoms with Gasteiger partial charge < -0.3 is 25.4 Å². The van der Waals surface area contributed by atoms with Crippen molar-refractivity contribution in [2.75, 3.05) is 26.0 Å². The van der Waals surface area contributed by atoms with E-state index < -0.39 is 0 Å². The van der Waals surface area contributed by atoms with Crippen molar-refractivity contribution in [2.45, 2.75) is 78.6 Å². The predicted octanol–water partition coefficient (Wildman–Crippen LogP) is 4.84. The number of aromatic nitrogens is 1. The Morgan fingerprint density at radius 3 is 2.19 bits per heavy atom. The number of amides is 2. The molecule has 1 aromatic heterocycles. The van der Waals surface area contributed by atoms with Crippen LogP contribution in [-0.2, 0) is 17.9 Å². The van der Waals surface area contributed by atoms with Crippen molar-refractivity contribution in [3.63, 3.8) is 0 Å². The largest absolute Gasteiger partial charge is 0.371 e. The number of nitrogens with one attached hydrogen (secondary N) is 3. The third-order valence-electron chi connectivity index (χ3n) is 8.36. The number of anilines is 1. The van der Waals surface area contributed by atoms with Gasteiger partial charge in [0.15, 0.2) is 0 Å². The lowest BCUT2D eigenvalue weighted by Crippen LogP contribution is -2.42. The van der Waals surface area contributed by atoms with Crippen LogP contribution in [0.25, 0.3) is 11.1 Å². The van der Waals surface area contributed by atoms with Gasteiger partial charge in [-0.05, 0) is 107 Å². The monoisotopic (exact) mass is 571 g/mol. The summed E-state index contributed by atoms with van der Waals surface area (Å²) >= 11 is 0. The third kappa shape index (κ3) is 7.48. The number of H-pyrrole nitrogens is 1. The fourth-order valence-electron chi connectivity index (χ4n) is 6.09. The van der Waals surface area contributed by atoms with Gasteiger partial charge in [0.2, 0.25) is 5.91 Å². The molecular formula is C34H45N5O3. The zero-order valence-corrected chi connectivity index (χ0v) is 26.1. The van der Waals surface area contributed by atoms with Crippen molar-refractivity contribution in [1.29, 1.82) is 0 Å². The molecule has 0 unspecified atom stereocenters. The molecule has 2 aromatic carbocycles. The van der Waals surface area contributed by atoms with Crippen molar-refractivity contribution >= 4 is 17.5 Å². The van der Waals surface area contributed by atoms with Gasteiger partial charge in [0.05, 0.1) is 0 Å². The Labute approximate surface area is 249 Å². The highest BCUT2D eigenvalue weighted by atomic mass is 16.2. The molecule has 1 fully saturated rings. The second-order valence-corrected chi connectivity index (χ2v) is 12.0. The minimum atomic E-state index is -0.207. The lowest BCUT2D eigenvalue weighted by molar-refractivity contribution is -0.119. The highest BCUT2D eigenvalue weighted by Gasteiger charge is 2.27. The Balaban J connectivity index is 1.66. The van der Waals surface area contributed by atoms with Crippen LogP contribution in [0.3, 0.4) is 0 Å². The zero-order chi connectivity index (χ0) is 30.6. The first kappa shape index (κ1) is 31.0. The highest BCUT2D eigenvalue weighted by molar-refractivity contribution is 5.99. The van der Waals surface area contributed by atoms with E-state index in [1.54, 1.807) is 6.92 Å². The molecule has 224 valence electrons. The second-order valence-electron chi connectivity index (χ2n) is 12.0. The first-order valence-corrected chi connectivity index (χ1v) is 14.8. The summed E-state index contributed by atoms with van der Waals surface area (Å²) in [5.41, 5.74) is 7.80. The molecule has 0 radical (unpaired) electrons. The van der Waals surface area contributed by atoms with Crippen LogP contribution in [0.4, 0.5) is 5.69 Å². The zero-order valence-electron chi connectivity index (χ0n) is 26.1. The van der Waals surface area contributed by atoms with Gasteiger partial charge in [-0.1, -0.05) is 24.3 Å². The third-order valence-corrected chi connectivity index (χ3v) is 8.36. The fourth-order valence-corrected chi connectivity index (χ4v) is 6.09. The molecule has 0 bridgehead atoms. The van der Waals surface area contributed by atoms with Crippen molar-refractivity contribution in [2.24, 2.45) is 0 Å². The molecule has 0 spiro atoms. The number of aromatic amines is 1. The Hall–Kier alpha value is -3.91. The molecule has 42 heavy (non-hydrogen) atoms. The molecule has 1 aliphatic carbocycles. The number of benzene rings is 2. The van der Waals surface area contributed by atoms with Crippen LogP contribution in [0.2, 0.25) is 0 Å². The molecular weight excluding hydrogens is 526 g/mol. The summed E-state index contributed by atoms with van der Waals surface area (Å²) in [6.45, 7) is 8.32. The van der Waals surface area contributed by atoms with Gasteiger partial charge >= 0.3 is 0 Å². The minimum absolute atomic E-state index is 0.0189. The van der Waals surface area contributed by atoms with Gasteiger partial charge in [-0.2, -0.15) is 0 Å². The normalized spacial score (nSPS) is 16.8. The number of pyridine rings is 1. The van der Waals surface area contributed by atoms with E-state index in [2.05, 4.69) is 76.9 Å². The molecule has 3 aromatic rings. The van der Waals surface area contributed by atoms with E-state index in [1.165, 1.54) is 5.56 Å². The Kier molecular flexibility index (Phi) is 9.89. The van der Waals surface area contributed by atoms with Crippen LogP contribution in [0.1, 0.15) is 70.9 Å². The summed E-state index contributed by atoms with van der Waals surface area (Å²) < 4.78 is 0. The number of carbonyl (C=O) groups is 2. The second kappa shape index (κ2) is 13.4. The van der Waals surface area contributed by atoms with Crippen molar-refractivity contribution in [1.82, 2.24) is 20.5 Å². The number of hydrogen-bond donors (Lipinski definition) is 3. The van der Waals surface area contributed by atoms with Crippen LogP contribution in [0.5, 0.6) is 0 Å². The molecule has 1 saturated carbocycles. The number of rotatable bonds is 9. The van der Waals surface area contributed by atoms with E-state index in [-0.39, 0.29) is 30.0 Å². The molecule has 0 atom stereocenters. The smallest absolute Gasteiger partial charge is 0.253 e. The SMILES string of the molecule is CC(=O)N[C@H]1CC[C@H](N(C)c2cc(-c3ccc(CN(C)C)cc3)cc(C(=O)NCc3c(C)cc(C)[nH]c3=O)c2C)CC1. The van der Waals surface area contributed by atoms with E-state index in [0.717, 1.165) is 65.9 Å². The lowest BCUT2D eigenvalue weighted by atomic mass is 9.89. The number of carbonyl (C=O) groups excluding carboxylic acids is 2. The standard InChI is InChI=1S/C34H45N5O3/c1-21-16-22(2)36-34(42)31(21)19-35-33(41)30-17-27(26-10-8-25(9-11-26)20-38(5)6)18-32(23(30)3)39(7)29-14-12-28(13-15-29)37-24(4)40/h8-11,16-18,28-29H,12-15,19-20H2,1-7H3,(H,35,41)(H,36,42)(H,37,40)/t28-,29-. The molecule has 8 nitrogen and oxygen atoms in total. The molecule has 0 aliphatic heterocycles. The van der Waals surface area contributed by atoms with Crippen molar-refractivity contribution < 1.29 is 9.59 Å². The van der Waals surface area contributed by atoms with Crippen LogP contribution in [-0.4, -0.2) is 54.9 Å². The van der Waals surface area contributed by atoms with E-state index in [9.17, 15) is 14.4 Å².